The van der Waals surface area contributed by atoms with E-state index in [1.807, 2.05) is 0 Å². The monoisotopic (exact) mass is 312 g/mol. The highest BCUT2D eigenvalue weighted by atomic mass is 79.9. The van der Waals surface area contributed by atoms with Crippen LogP contribution in [0.2, 0.25) is 0 Å². The summed E-state index contributed by atoms with van der Waals surface area (Å²) in [6.07, 6.45) is 2.80. The first-order valence-electron chi connectivity index (χ1n) is 5.77. The van der Waals surface area contributed by atoms with Gasteiger partial charge in [-0.15, -0.1) is 0 Å². The van der Waals surface area contributed by atoms with E-state index in [9.17, 15) is 8.42 Å². The Morgan fingerprint density at radius 3 is 2.56 bits per heavy atom. The van der Waals surface area contributed by atoms with Crippen molar-refractivity contribution in [2.24, 2.45) is 5.41 Å². The van der Waals surface area contributed by atoms with Gasteiger partial charge in [0.25, 0.3) is 0 Å². The predicted octanol–water partition coefficient (Wildman–Crippen LogP) is 2.39. The lowest BCUT2D eigenvalue weighted by Crippen LogP contribution is -2.36. The zero-order chi connectivity index (χ0) is 12.2. The highest BCUT2D eigenvalue weighted by Crippen LogP contribution is 2.34. The average Bonchev–Trinajstić information content (AvgIpc) is 2.28. The first-order valence-corrected chi connectivity index (χ1v) is 8.61. The molecule has 0 radical (unpaired) electrons. The molecule has 0 saturated carbocycles. The Bertz CT molecular complexity index is 305. The Morgan fingerprint density at radius 2 is 2.12 bits per heavy atom. The Balaban J connectivity index is 2.58. The van der Waals surface area contributed by atoms with E-state index in [4.69, 9.17) is 4.74 Å². The van der Waals surface area contributed by atoms with Gasteiger partial charge in [-0.3, -0.25) is 0 Å². The molecule has 5 heteroatoms. The molecule has 1 unspecified atom stereocenters. The Labute approximate surface area is 107 Å². The van der Waals surface area contributed by atoms with Crippen LogP contribution in [0.25, 0.3) is 0 Å². The molecule has 1 rings (SSSR count). The third-order valence-electron chi connectivity index (χ3n) is 3.32. The summed E-state index contributed by atoms with van der Waals surface area (Å²) in [6.45, 7) is 4.98. The molecule has 1 saturated heterocycles. The van der Waals surface area contributed by atoms with Gasteiger partial charge in [-0.1, -0.05) is 15.9 Å². The summed E-state index contributed by atoms with van der Waals surface area (Å²) in [5.74, 6) is 0.277. The molecule has 0 amide bonds. The second-order valence-corrected chi connectivity index (χ2v) is 8.19. The van der Waals surface area contributed by atoms with Crippen molar-refractivity contribution in [3.8, 4) is 0 Å². The van der Waals surface area contributed by atoms with Crippen LogP contribution in [0, 0.1) is 5.41 Å². The largest absolute Gasteiger partial charge is 0.381 e. The van der Waals surface area contributed by atoms with Crippen molar-refractivity contribution < 1.29 is 13.2 Å². The number of hydrogen-bond acceptors (Lipinski definition) is 3. The van der Waals surface area contributed by atoms with E-state index < -0.39 is 9.84 Å². The van der Waals surface area contributed by atoms with E-state index in [1.165, 1.54) is 0 Å². The molecule has 0 aromatic heterocycles. The van der Waals surface area contributed by atoms with E-state index in [0.717, 1.165) is 24.8 Å². The molecule has 0 aromatic carbocycles. The van der Waals surface area contributed by atoms with E-state index in [1.54, 1.807) is 13.8 Å². The van der Waals surface area contributed by atoms with Gasteiger partial charge in [-0.05, 0) is 33.1 Å². The van der Waals surface area contributed by atoms with Crippen LogP contribution in [0.3, 0.4) is 0 Å². The van der Waals surface area contributed by atoms with Crippen molar-refractivity contribution in [2.45, 2.75) is 38.4 Å². The van der Waals surface area contributed by atoms with Crippen LogP contribution in [-0.4, -0.2) is 38.0 Å². The van der Waals surface area contributed by atoms with Gasteiger partial charge in [-0.2, -0.15) is 0 Å². The lowest BCUT2D eigenvalue weighted by Gasteiger charge is -2.35. The van der Waals surface area contributed by atoms with Gasteiger partial charge in [-0.25, -0.2) is 8.42 Å². The fourth-order valence-corrected chi connectivity index (χ4v) is 3.79. The first kappa shape index (κ1) is 14.5. The summed E-state index contributed by atoms with van der Waals surface area (Å²) < 4.78 is 29.0. The average molecular weight is 313 g/mol. The summed E-state index contributed by atoms with van der Waals surface area (Å²) in [4.78, 5) is 0. The van der Waals surface area contributed by atoms with Crippen LogP contribution >= 0.6 is 15.9 Å². The zero-order valence-corrected chi connectivity index (χ0v) is 12.4. The van der Waals surface area contributed by atoms with Crippen LogP contribution in [0.5, 0.6) is 0 Å². The molecular formula is C11H21BrO3S. The standard InChI is InChI=1S/C11H21BrO3S/c1-10(2)16(13,14)7-5-11(8-12)4-3-6-15-9-11/h10H,3-9H2,1-2H3. The SMILES string of the molecule is CC(C)S(=O)(=O)CCC1(CBr)CCCOC1. The molecule has 16 heavy (non-hydrogen) atoms. The van der Waals surface area contributed by atoms with E-state index in [0.29, 0.717) is 13.0 Å². The Morgan fingerprint density at radius 1 is 1.44 bits per heavy atom. The fourth-order valence-electron chi connectivity index (χ4n) is 1.87. The molecular weight excluding hydrogens is 292 g/mol. The van der Waals surface area contributed by atoms with Crippen molar-refractivity contribution in [3.63, 3.8) is 0 Å². The summed E-state index contributed by atoms with van der Waals surface area (Å²) in [5.41, 5.74) is 0.0280. The summed E-state index contributed by atoms with van der Waals surface area (Å²) in [7, 11) is -2.92. The van der Waals surface area contributed by atoms with Crippen LogP contribution in [-0.2, 0) is 14.6 Å². The molecule has 0 bridgehead atoms. The topological polar surface area (TPSA) is 43.4 Å². The van der Waals surface area contributed by atoms with Crippen molar-refractivity contribution in [1.82, 2.24) is 0 Å². The highest BCUT2D eigenvalue weighted by molar-refractivity contribution is 9.09. The second-order valence-electron chi connectivity index (χ2n) is 4.96. The van der Waals surface area contributed by atoms with Gasteiger partial charge in [0, 0.05) is 17.4 Å². The van der Waals surface area contributed by atoms with Crippen LogP contribution < -0.4 is 0 Å². The van der Waals surface area contributed by atoms with Gasteiger partial charge in [0.05, 0.1) is 17.6 Å². The summed E-state index contributed by atoms with van der Waals surface area (Å²) >= 11 is 3.50. The number of sulfone groups is 1. The van der Waals surface area contributed by atoms with E-state index in [-0.39, 0.29) is 16.4 Å². The number of alkyl halides is 1. The number of rotatable bonds is 5. The maximum absolute atomic E-state index is 11.8. The second kappa shape index (κ2) is 5.83. The molecule has 1 heterocycles. The molecule has 0 N–H and O–H groups in total. The minimum atomic E-state index is -2.92. The molecule has 0 spiro atoms. The Kier molecular flexibility index (Phi) is 5.26. The highest BCUT2D eigenvalue weighted by Gasteiger charge is 2.33. The minimum absolute atomic E-state index is 0.0280. The van der Waals surface area contributed by atoms with Gasteiger partial charge in [0.2, 0.25) is 0 Å². The van der Waals surface area contributed by atoms with Crippen molar-refractivity contribution in [3.05, 3.63) is 0 Å². The third kappa shape index (κ3) is 3.70. The lowest BCUT2D eigenvalue weighted by molar-refractivity contribution is 0.00443. The van der Waals surface area contributed by atoms with Crippen LogP contribution in [0.15, 0.2) is 0 Å². The summed E-state index contributed by atoms with van der Waals surface area (Å²) in [5, 5.41) is 0.553. The minimum Gasteiger partial charge on any atom is -0.381 e. The first-order chi connectivity index (χ1) is 7.42. The summed E-state index contributed by atoms with van der Waals surface area (Å²) in [6, 6.07) is 0. The third-order valence-corrected chi connectivity index (χ3v) is 6.72. The van der Waals surface area contributed by atoms with Gasteiger partial charge in [0.15, 0.2) is 9.84 Å². The number of halogens is 1. The molecule has 3 nitrogen and oxygen atoms in total. The van der Waals surface area contributed by atoms with Crippen molar-refractivity contribution in [2.75, 3.05) is 24.3 Å². The van der Waals surface area contributed by atoms with Crippen molar-refractivity contribution >= 4 is 25.8 Å². The van der Waals surface area contributed by atoms with E-state index >= 15 is 0 Å². The zero-order valence-electron chi connectivity index (χ0n) is 10.0. The Hall–Kier alpha value is 0.390. The number of hydrogen-bond donors (Lipinski definition) is 0. The quantitative estimate of drug-likeness (QED) is 0.732. The van der Waals surface area contributed by atoms with Crippen LogP contribution in [0.4, 0.5) is 0 Å². The molecule has 0 aromatic rings. The smallest absolute Gasteiger partial charge is 0.152 e. The predicted molar refractivity (Wildman–Crippen MR) is 69.8 cm³/mol. The number of ether oxygens (including phenoxy) is 1. The lowest BCUT2D eigenvalue weighted by atomic mass is 9.82. The maximum Gasteiger partial charge on any atom is 0.152 e. The molecule has 1 aliphatic heterocycles. The van der Waals surface area contributed by atoms with Crippen molar-refractivity contribution in [1.29, 1.82) is 0 Å². The molecule has 96 valence electrons. The normalized spacial score (nSPS) is 27.2. The fraction of sp³-hybridized carbons (Fsp3) is 1.00. The molecule has 1 fully saturated rings. The van der Waals surface area contributed by atoms with Gasteiger partial charge >= 0.3 is 0 Å². The van der Waals surface area contributed by atoms with E-state index in [2.05, 4.69) is 15.9 Å². The van der Waals surface area contributed by atoms with Crippen LogP contribution in [0.1, 0.15) is 33.1 Å². The molecule has 1 aliphatic rings. The van der Waals surface area contributed by atoms with Gasteiger partial charge < -0.3 is 4.74 Å². The molecule has 1 atom stereocenters. The molecule has 0 aliphatic carbocycles. The maximum atomic E-state index is 11.8. The van der Waals surface area contributed by atoms with Gasteiger partial charge in [0.1, 0.15) is 0 Å².